The lowest BCUT2D eigenvalue weighted by Crippen LogP contribution is -2.09. The highest BCUT2D eigenvalue weighted by Crippen LogP contribution is 2.40. The summed E-state index contributed by atoms with van der Waals surface area (Å²) in [6, 6.07) is 0. The maximum absolute atomic E-state index is 11.0. The molecule has 0 spiro atoms. The van der Waals surface area contributed by atoms with Crippen molar-refractivity contribution < 1.29 is 14.6 Å². The summed E-state index contributed by atoms with van der Waals surface area (Å²) in [5.41, 5.74) is 0.794. The number of nitrogens with zero attached hydrogens (tertiary/aromatic N) is 1. The molecule has 1 aromatic rings. The molecule has 1 aliphatic carbocycles. The standard InChI is InChI=1S/C11H13NO3S/c13-11(14)6-3-4-8-9(6)12-10(16-8)7-2-1-5-15-7/h6-7H,1-5H2,(H,13,14). The Bertz CT molecular complexity index is 423. The first-order chi connectivity index (χ1) is 7.75. The van der Waals surface area contributed by atoms with Gasteiger partial charge in [-0.1, -0.05) is 0 Å². The summed E-state index contributed by atoms with van der Waals surface area (Å²) in [5.74, 6) is -1.13. The Balaban J connectivity index is 1.89. The second-order valence-corrected chi connectivity index (χ2v) is 5.41. The Labute approximate surface area is 97.3 Å². The van der Waals surface area contributed by atoms with Gasteiger partial charge in [-0.05, 0) is 25.7 Å². The molecule has 2 unspecified atom stereocenters. The molecule has 0 aromatic carbocycles. The Morgan fingerprint density at radius 1 is 1.50 bits per heavy atom. The lowest BCUT2D eigenvalue weighted by Gasteiger charge is -2.05. The number of aliphatic carboxylic acids is 1. The Morgan fingerprint density at radius 3 is 3.06 bits per heavy atom. The highest BCUT2D eigenvalue weighted by atomic mass is 32.1. The largest absolute Gasteiger partial charge is 0.481 e. The first-order valence-corrected chi connectivity index (χ1v) is 6.41. The average Bonchev–Trinajstić information content (AvgIpc) is 2.92. The molecule has 2 aliphatic rings. The third kappa shape index (κ3) is 1.55. The van der Waals surface area contributed by atoms with Crippen LogP contribution in [0.5, 0.6) is 0 Å². The smallest absolute Gasteiger partial charge is 0.312 e. The van der Waals surface area contributed by atoms with Gasteiger partial charge < -0.3 is 9.84 Å². The minimum absolute atomic E-state index is 0.116. The third-order valence-electron chi connectivity index (χ3n) is 3.24. The van der Waals surface area contributed by atoms with Crippen molar-refractivity contribution in [1.29, 1.82) is 0 Å². The lowest BCUT2D eigenvalue weighted by atomic mass is 10.1. The van der Waals surface area contributed by atoms with E-state index in [0.717, 1.165) is 41.4 Å². The fourth-order valence-corrected chi connectivity index (χ4v) is 3.62. The van der Waals surface area contributed by atoms with Crippen LogP contribution >= 0.6 is 11.3 Å². The minimum Gasteiger partial charge on any atom is -0.481 e. The summed E-state index contributed by atoms with van der Waals surface area (Å²) in [5, 5.41) is 10.0. The van der Waals surface area contributed by atoms with Crippen LogP contribution in [-0.2, 0) is 16.0 Å². The first-order valence-electron chi connectivity index (χ1n) is 5.59. The lowest BCUT2D eigenvalue weighted by molar-refractivity contribution is -0.138. The number of ether oxygens (including phenoxy) is 1. The van der Waals surface area contributed by atoms with E-state index < -0.39 is 5.97 Å². The Hall–Kier alpha value is -0.940. The van der Waals surface area contributed by atoms with Crippen LogP contribution in [0.15, 0.2) is 0 Å². The van der Waals surface area contributed by atoms with Crippen molar-refractivity contribution >= 4 is 17.3 Å². The fourth-order valence-electron chi connectivity index (χ4n) is 2.40. The van der Waals surface area contributed by atoms with E-state index in [1.54, 1.807) is 11.3 Å². The fraction of sp³-hybridized carbons (Fsp3) is 0.636. The van der Waals surface area contributed by atoms with Crippen molar-refractivity contribution in [3.8, 4) is 0 Å². The maximum atomic E-state index is 11.0. The SMILES string of the molecule is O=C(O)C1CCc2sc(C3CCCO3)nc21. The number of aryl methyl sites for hydroxylation is 1. The van der Waals surface area contributed by atoms with E-state index in [1.165, 1.54) is 0 Å². The molecule has 0 amide bonds. The molecule has 4 nitrogen and oxygen atoms in total. The number of rotatable bonds is 2. The van der Waals surface area contributed by atoms with E-state index >= 15 is 0 Å². The summed E-state index contributed by atoms with van der Waals surface area (Å²) >= 11 is 1.64. The Morgan fingerprint density at radius 2 is 2.38 bits per heavy atom. The van der Waals surface area contributed by atoms with Crippen molar-refractivity contribution in [2.45, 2.75) is 37.7 Å². The van der Waals surface area contributed by atoms with Crippen LogP contribution in [0.3, 0.4) is 0 Å². The zero-order chi connectivity index (χ0) is 11.1. The number of carboxylic acid groups (broad SMARTS) is 1. The van der Waals surface area contributed by atoms with E-state index in [-0.39, 0.29) is 12.0 Å². The Kier molecular flexibility index (Phi) is 2.44. The van der Waals surface area contributed by atoms with Crippen LogP contribution in [0.25, 0.3) is 0 Å². The van der Waals surface area contributed by atoms with Gasteiger partial charge in [0.2, 0.25) is 0 Å². The van der Waals surface area contributed by atoms with Crippen LogP contribution in [0, 0.1) is 0 Å². The minimum atomic E-state index is -0.747. The van der Waals surface area contributed by atoms with E-state index in [9.17, 15) is 4.79 Å². The van der Waals surface area contributed by atoms with E-state index in [2.05, 4.69) is 4.98 Å². The number of thiazole rings is 1. The average molecular weight is 239 g/mol. The highest BCUT2D eigenvalue weighted by molar-refractivity contribution is 7.11. The first kappa shape index (κ1) is 10.2. The predicted molar refractivity (Wildman–Crippen MR) is 58.7 cm³/mol. The monoisotopic (exact) mass is 239 g/mol. The zero-order valence-corrected chi connectivity index (χ0v) is 9.63. The molecular formula is C11H13NO3S. The number of carboxylic acids is 1. The van der Waals surface area contributed by atoms with E-state index in [4.69, 9.17) is 9.84 Å². The maximum Gasteiger partial charge on any atom is 0.312 e. The molecule has 3 rings (SSSR count). The molecule has 86 valence electrons. The van der Waals surface area contributed by atoms with Gasteiger partial charge in [-0.3, -0.25) is 4.79 Å². The van der Waals surface area contributed by atoms with Gasteiger partial charge in [-0.2, -0.15) is 0 Å². The second-order valence-electron chi connectivity index (χ2n) is 4.29. The predicted octanol–water partition coefficient (Wildman–Crippen LogP) is 2.11. The van der Waals surface area contributed by atoms with Gasteiger partial charge in [0, 0.05) is 11.5 Å². The quantitative estimate of drug-likeness (QED) is 0.858. The molecule has 2 heterocycles. The summed E-state index contributed by atoms with van der Waals surface area (Å²) in [4.78, 5) is 16.7. The molecular weight excluding hydrogens is 226 g/mol. The summed E-state index contributed by atoms with van der Waals surface area (Å²) in [7, 11) is 0. The van der Waals surface area contributed by atoms with Gasteiger partial charge in [0.05, 0.1) is 5.69 Å². The molecule has 0 radical (unpaired) electrons. The van der Waals surface area contributed by atoms with Crippen LogP contribution in [-0.4, -0.2) is 22.7 Å². The zero-order valence-electron chi connectivity index (χ0n) is 8.81. The van der Waals surface area contributed by atoms with Crippen LogP contribution in [0.1, 0.15) is 46.9 Å². The van der Waals surface area contributed by atoms with Crippen LogP contribution in [0.4, 0.5) is 0 Å². The van der Waals surface area contributed by atoms with Gasteiger partial charge in [-0.25, -0.2) is 4.98 Å². The van der Waals surface area contributed by atoms with Gasteiger partial charge in [0.15, 0.2) is 0 Å². The highest BCUT2D eigenvalue weighted by Gasteiger charge is 2.34. The van der Waals surface area contributed by atoms with Crippen molar-refractivity contribution in [3.05, 3.63) is 15.6 Å². The molecule has 1 N–H and O–H groups in total. The van der Waals surface area contributed by atoms with Crippen molar-refractivity contribution in [2.75, 3.05) is 6.61 Å². The number of hydrogen-bond donors (Lipinski definition) is 1. The van der Waals surface area contributed by atoms with Gasteiger partial charge in [-0.15, -0.1) is 11.3 Å². The molecule has 1 aliphatic heterocycles. The second kappa shape index (κ2) is 3.82. The summed E-state index contributed by atoms with van der Waals surface area (Å²) in [6.07, 6.45) is 3.78. The molecule has 0 bridgehead atoms. The van der Waals surface area contributed by atoms with Gasteiger partial charge in [0.1, 0.15) is 17.0 Å². The third-order valence-corrected chi connectivity index (χ3v) is 4.46. The normalized spacial score (nSPS) is 28.2. The molecule has 1 saturated heterocycles. The van der Waals surface area contributed by atoms with E-state index in [0.29, 0.717) is 6.42 Å². The molecule has 5 heteroatoms. The van der Waals surface area contributed by atoms with Crippen molar-refractivity contribution in [3.63, 3.8) is 0 Å². The number of aromatic nitrogens is 1. The number of carbonyl (C=O) groups is 1. The molecule has 1 aromatic heterocycles. The summed E-state index contributed by atoms with van der Waals surface area (Å²) < 4.78 is 5.57. The van der Waals surface area contributed by atoms with Gasteiger partial charge in [0.25, 0.3) is 0 Å². The molecule has 0 saturated carbocycles. The van der Waals surface area contributed by atoms with Crippen LogP contribution < -0.4 is 0 Å². The van der Waals surface area contributed by atoms with E-state index in [1.807, 2.05) is 0 Å². The topological polar surface area (TPSA) is 59.4 Å². The molecule has 2 atom stereocenters. The number of hydrogen-bond acceptors (Lipinski definition) is 4. The number of fused-ring (bicyclic) bond motifs is 1. The molecule has 1 fully saturated rings. The van der Waals surface area contributed by atoms with Crippen molar-refractivity contribution in [1.82, 2.24) is 4.98 Å². The molecule has 16 heavy (non-hydrogen) atoms. The van der Waals surface area contributed by atoms with Crippen LogP contribution in [0.2, 0.25) is 0 Å². The summed E-state index contributed by atoms with van der Waals surface area (Å²) in [6.45, 7) is 0.803. The van der Waals surface area contributed by atoms with Gasteiger partial charge >= 0.3 is 5.97 Å². The van der Waals surface area contributed by atoms with Crippen molar-refractivity contribution in [2.24, 2.45) is 0 Å².